The predicted octanol–water partition coefficient (Wildman–Crippen LogP) is 5.79. The van der Waals surface area contributed by atoms with Crippen molar-refractivity contribution in [3.8, 4) is 0 Å². The molecule has 2 heterocycles. The Morgan fingerprint density at radius 3 is 2.59 bits per heavy atom. The minimum atomic E-state index is -4.38. The highest BCUT2D eigenvalue weighted by atomic mass is 35.5. The Labute approximate surface area is 232 Å². The van der Waals surface area contributed by atoms with Crippen molar-refractivity contribution in [3.05, 3.63) is 76.7 Å². The van der Waals surface area contributed by atoms with Crippen LogP contribution in [0, 0.1) is 6.92 Å². The van der Waals surface area contributed by atoms with Gasteiger partial charge in [-0.1, -0.05) is 29.8 Å². The van der Waals surface area contributed by atoms with E-state index in [4.69, 9.17) is 11.6 Å². The molecule has 0 bridgehead atoms. The summed E-state index contributed by atoms with van der Waals surface area (Å²) in [5, 5.41) is 0.0940. The lowest BCUT2D eigenvalue weighted by Crippen LogP contribution is -2.56. The first kappa shape index (κ1) is 29.1. The molecular formula is C27H31ClF3N5O2S. The van der Waals surface area contributed by atoms with Gasteiger partial charge in [-0.15, -0.1) is 0 Å². The van der Waals surface area contributed by atoms with E-state index in [0.29, 0.717) is 30.5 Å². The lowest BCUT2D eigenvalue weighted by atomic mass is 9.82. The first-order valence-electron chi connectivity index (χ1n) is 12.5. The second kappa shape index (κ2) is 11.3. The summed E-state index contributed by atoms with van der Waals surface area (Å²) < 4.78 is 68.2. The zero-order valence-corrected chi connectivity index (χ0v) is 23.5. The number of anilines is 2. The highest BCUT2D eigenvalue weighted by molar-refractivity contribution is 7.92. The third-order valence-corrected chi connectivity index (χ3v) is 9.27. The van der Waals surface area contributed by atoms with E-state index in [1.807, 2.05) is 14.1 Å². The van der Waals surface area contributed by atoms with Crippen LogP contribution in [0.1, 0.15) is 36.0 Å². The van der Waals surface area contributed by atoms with E-state index in [-0.39, 0.29) is 21.3 Å². The summed E-state index contributed by atoms with van der Waals surface area (Å²) in [5.41, 5.74) is 1.01. The number of benzene rings is 2. The van der Waals surface area contributed by atoms with Crippen molar-refractivity contribution in [1.82, 2.24) is 14.9 Å². The Hall–Kier alpha value is -2.89. The molecule has 1 N–H and O–H groups in total. The predicted molar refractivity (Wildman–Crippen MR) is 147 cm³/mol. The molecule has 0 radical (unpaired) electrons. The summed E-state index contributed by atoms with van der Waals surface area (Å²) in [7, 11) is -0.0140. The number of aryl methyl sites for hydroxylation is 2. The lowest BCUT2D eigenvalue weighted by Gasteiger charge is -2.48. The molecule has 4 rings (SSSR count). The smallest absolute Gasteiger partial charge is 0.370 e. The van der Waals surface area contributed by atoms with Crippen molar-refractivity contribution in [1.29, 1.82) is 0 Å². The van der Waals surface area contributed by atoms with Crippen molar-refractivity contribution in [2.24, 2.45) is 0 Å². The van der Waals surface area contributed by atoms with Crippen LogP contribution in [0.4, 0.5) is 24.7 Å². The van der Waals surface area contributed by atoms with Gasteiger partial charge in [0.25, 0.3) is 10.0 Å². The number of piperidine rings is 1. The van der Waals surface area contributed by atoms with E-state index in [1.165, 1.54) is 30.7 Å². The van der Waals surface area contributed by atoms with Gasteiger partial charge in [0.2, 0.25) is 0 Å². The second-order valence-electron chi connectivity index (χ2n) is 10.1. The Bertz CT molecular complexity index is 1400. The van der Waals surface area contributed by atoms with Gasteiger partial charge < -0.3 is 9.80 Å². The molecule has 1 atom stereocenters. The SMILES string of the molecule is Cc1cc(N2CCC[C@@](CCc3cccc(C(F)(F)F)c3)(N(C)C)C2)cc(Cl)c1S(=O)(=O)Nc1ccncn1. The molecule has 0 unspecified atom stereocenters. The Morgan fingerprint density at radius 1 is 1.18 bits per heavy atom. The molecule has 12 heteroatoms. The van der Waals surface area contributed by atoms with Gasteiger partial charge in [0, 0.05) is 30.5 Å². The summed E-state index contributed by atoms with van der Waals surface area (Å²) >= 11 is 6.55. The first-order valence-corrected chi connectivity index (χ1v) is 14.3. The van der Waals surface area contributed by atoms with Gasteiger partial charge in [0.15, 0.2) is 0 Å². The van der Waals surface area contributed by atoms with E-state index in [0.717, 1.165) is 31.1 Å². The highest BCUT2D eigenvalue weighted by Gasteiger charge is 2.38. The number of nitrogens with one attached hydrogen (secondary N) is 1. The molecule has 39 heavy (non-hydrogen) atoms. The largest absolute Gasteiger partial charge is 0.416 e. The third-order valence-electron chi connectivity index (χ3n) is 7.31. The van der Waals surface area contributed by atoms with Crippen LogP contribution in [0.2, 0.25) is 5.02 Å². The molecule has 0 amide bonds. The van der Waals surface area contributed by atoms with Crippen molar-refractivity contribution < 1.29 is 21.6 Å². The van der Waals surface area contributed by atoms with Gasteiger partial charge in [0.05, 0.1) is 10.6 Å². The monoisotopic (exact) mass is 581 g/mol. The molecule has 0 spiro atoms. The van der Waals surface area contributed by atoms with E-state index < -0.39 is 21.8 Å². The lowest BCUT2D eigenvalue weighted by molar-refractivity contribution is -0.137. The average Bonchev–Trinajstić information content (AvgIpc) is 2.87. The Morgan fingerprint density at radius 2 is 1.95 bits per heavy atom. The molecule has 1 fully saturated rings. The number of aromatic nitrogens is 2. The molecular weight excluding hydrogens is 551 g/mol. The van der Waals surface area contributed by atoms with Crippen molar-refractivity contribution in [2.45, 2.75) is 49.2 Å². The molecule has 1 aromatic heterocycles. The fraction of sp³-hybridized carbons (Fsp3) is 0.407. The Kier molecular flexibility index (Phi) is 8.44. The zero-order valence-electron chi connectivity index (χ0n) is 22.0. The van der Waals surface area contributed by atoms with Gasteiger partial charge in [-0.05, 0) is 82.1 Å². The highest BCUT2D eigenvalue weighted by Crippen LogP contribution is 2.37. The maximum atomic E-state index is 13.2. The molecule has 1 aliphatic rings. The molecule has 7 nitrogen and oxygen atoms in total. The maximum Gasteiger partial charge on any atom is 0.416 e. The van der Waals surface area contributed by atoms with Gasteiger partial charge in [-0.25, -0.2) is 18.4 Å². The summed E-state index contributed by atoms with van der Waals surface area (Å²) in [5.74, 6) is 0.136. The standard InChI is InChI=1S/C27H31ClF3N5O2S/c1-19-14-22(16-23(28)25(19)39(37,38)34-24-9-12-32-18-33-24)36-13-5-10-26(17-36,35(2)3)11-8-20-6-4-7-21(15-20)27(29,30)31/h4,6-7,9,12,14-16,18H,5,8,10-11,13,17H2,1-3H3,(H,32,33,34)/t26-/m0/s1. The van der Waals surface area contributed by atoms with Crippen LogP contribution in [0.3, 0.4) is 0 Å². The van der Waals surface area contributed by atoms with Crippen molar-refractivity contribution in [3.63, 3.8) is 0 Å². The van der Waals surface area contributed by atoms with E-state index in [9.17, 15) is 21.6 Å². The van der Waals surface area contributed by atoms with E-state index in [2.05, 4.69) is 24.5 Å². The number of halogens is 4. The number of hydrogen-bond donors (Lipinski definition) is 1. The van der Waals surface area contributed by atoms with Gasteiger partial charge >= 0.3 is 6.18 Å². The van der Waals surface area contributed by atoms with Gasteiger partial charge in [0.1, 0.15) is 17.0 Å². The molecule has 210 valence electrons. The third kappa shape index (κ3) is 6.64. The summed E-state index contributed by atoms with van der Waals surface area (Å²) in [6.07, 6.45) is 1.22. The summed E-state index contributed by atoms with van der Waals surface area (Å²) in [4.78, 5) is 12.0. The second-order valence-corrected chi connectivity index (χ2v) is 12.1. The van der Waals surface area contributed by atoms with Crippen molar-refractivity contribution in [2.75, 3.05) is 36.8 Å². The van der Waals surface area contributed by atoms with Gasteiger partial charge in [-0.3, -0.25) is 4.72 Å². The number of likely N-dealkylation sites (N-methyl/N-ethyl adjacent to an activating group) is 1. The summed E-state index contributed by atoms with van der Waals surface area (Å²) in [6.45, 7) is 3.07. The molecule has 1 saturated heterocycles. The topological polar surface area (TPSA) is 78.4 Å². The summed E-state index contributed by atoms with van der Waals surface area (Å²) in [6, 6.07) is 10.4. The van der Waals surface area contributed by atoms with Crippen molar-refractivity contribution >= 4 is 33.1 Å². The van der Waals surface area contributed by atoms with Crippen LogP contribution in [-0.4, -0.2) is 56.0 Å². The molecule has 2 aromatic carbocycles. The van der Waals surface area contributed by atoms with E-state index in [1.54, 1.807) is 25.1 Å². The fourth-order valence-electron chi connectivity index (χ4n) is 5.18. The number of nitrogens with zero attached hydrogens (tertiary/aromatic N) is 4. The van der Waals surface area contributed by atoms with Crippen LogP contribution in [0.15, 0.2) is 59.9 Å². The quantitative estimate of drug-likeness (QED) is 0.363. The van der Waals surface area contributed by atoms with E-state index >= 15 is 0 Å². The average molecular weight is 582 g/mol. The number of sulfonamides is 1. The normalized spacial score (nSPS) is 18.4. The molecule has 0 aliphatic carbocycles. The maximum absolute atomic E-state index is 13.2. The minimum Gasteiger partial charge on any atom is -0.370 e. The number of alkyl halides is 3. The molecule has 0 saturated carbocycles. The first-order chi connectivity index (χ1) is 18.3. The fourth-order valence-corrected chi connectivity index (χ4v) is 7.04. The van der Waals surface area contributed by atoms with Crippen LogP contribution < -0.4 is 9.62 Å². The molecule has 3 aromatic rings. The minimum absolute atomic E-state index is 0.0213. The zero-order chi connectivity index (χ0) is 28.4. The number of rotatable bonds is 8. The van der Waals surface area contributed by atoms with Crippen LogP contribution in [-0.2, 0) is 22.6 Å². The van der Waals surface area contributed by atoms with Crippen LogP contribution in [0.5, 0.6) is 0 Å². The van der Waals surface area contributed by atoms with Gasteiger partial charge in [-0.2, -0.15) is 13.2 Å². The Balaban J connectivity index is 1.56. The molecule has 1 aliphatic heterocycles. The van der Waals surface area contributed by atoms with Crippen LogP contribution >= 0.6 is 11.6 Å². The van der Waals surface area contributed by atoms with Crippen LogP contribution in [0.25, 0.3) is 0 Å². The number of hydrogen-bond acceptors (Lipinski definition) is 6.